The smallest absolute Gasteiger partial charge is 0.306 e. The predicted octanol–water partition coefficient (Wildman–Crippen LogP) is 15.4. The largest absolute Gasteiger partial charge is 0.462 e. The van der Waals surface area contributed by atoms with Crippen molar-refractivity contribution in [1.29, 1.82) is 0 Å². The van der Waals surface area contributed by atoms with Gasteiger partial charge in [0.2, 0.25) is 0 Å². The van der Waals surface area contributed by atoms with Crippen molar-refractivity contribution in [1.82, 2.24) is 0 Å². The molecule has 0 saturated carbocycles. The van der Waals surface area contributed by atoms with Gasteiger partial charge < -0.3 is 14.2 Å². The highest BCUT2D eigenvalue weighted by Gasteiger charge is 2.19. The molecular weight excluding hydrogens is 733 g/mol. The number of hydrogen-bond donors (Lipinski definition) is 0. The van der Waals surface area contributed by atoms with E-state index in [2.05, 4.69) is 118 Å². The molecule has 0 aliphatic carbocycles. The zero-order valence-electron chi connectivity index (χ0n) is 38.0. The Morgan fingerprint density at radius 1 is 0.356 bits per heavy atom. The molecule has 0 N–H and O–H groups in total. The van der Waals surface area contributed by atoms with Crippen LogP contribution in [0.1, 0.15) is 201 Å². The molecule has 334 valence electrons. The lowest BCUT2D eigenvalue weighted by Gasteiger charge is -2.18. The zero-order chi connectivity index (χ0) is 43.0. The standard InChI is InChI=1S/C53H86O6/c1-4-7-10-13-16-19-22-24-25-26-27-29-31-34-37-40-43-46-52(55)58-49-50(48-57-51(54)45-42-39-36-33-30-21-18-15-12-9-6-3)59-53(56)47-44-41-38-35-32-28-23-20-17-14-11-8-5-2/h7,9-10,12,16,18-19,21,24-25,27,29,33-34,36-37,50H,4-6,8,11,13-15,17,20,22-23,26,28,30-32,35,38-49H2,1-3H3/b10-7-,12-9-,19-16-,21-18-,25-24-,29-27-,36-33-,37-34-. The van der Waals surface area contributed by atoms with Gasteiger partial charge in [0.15, 0.2) is 6.10 Å². The van der Waals surface area contributed by atoms with Crippen LogP contribution < -0.4 is 0 Å². The Kier molecular flexibility index (Phi) is 44.1. The summed E-state index contributed by atoms with van der Waals surface area (Å²) in [4.78, 5) is 37.8. The van der Waals surface area contributed by atoms with Crippen molar-refractivity contribution >= 4 is 17.9 Å². The highest BCUT2D eigenvalue weighted by atomic mass is 16.6. The summed E-state index contributed by atoms with van der Waals surface area (Å²) in [5, 5.41) is 0. The summed E-state index contributed by atoms with van der Waals surface area (Å²) in [6.45, 7) is 6.29. The van der Waals surface area contributed by atoms with Crippen LogP contribution in [0.15, 0.2) is 97.2 Å². The van der Waals surface area contributed by atoms with E-state index in [1.165, 1.54) is 64.2 Å². The first kappa shape index (κ1) is 55.3. The highest BCUT2D eigenvalue weighted by Crippen LogP contribution is 2.14. The first-order chi connectivity index (χ1) is 29.0. The maximum absolute atomic E-state index is 12.7. The third-order valence-electron chi connectivity index (χ3n) is 9.58. The Morgan fingerprint density at radius 2 is 0.661 bits per heavy atom. The minimum Gasteiger partial charge on any atom is -0.462 e. The lowest BCUT2D eigenvalue weighted by Crippen LogP contribution is -2.30. The highest BCUT2D eigenvalue weighted by molar-refractivity contribution is 5.71. The molecule has 0 rings (SSSR count). The van der Waals surface area contributed by atoms with Crippen LogP contribution in [0.2, 0.25) is 0 Å². The van der Waals surface area contributed by atoms with E-state index < -0.39 is 6.10 Å². The number of carbonyl (C=O) groups is 3. The summed E-state index contributed by atoms with van der Waals surface area (Å²) < 4.78 is 16.6. The third kappa shape index (κ3) is 45.3. The van der Waals surface area contributed by atoms with Gasteiger partial charge in [0.1, 0.15) is 13.2 Å². The van der Waals surface area contributed by atoms with Crippen LogP contribution >= 0.6 is 0 Å². The van der Waals surface area contributed by atoms with E-state index in [1.807, 2.05) is 0 Å². The van der Waals surface area contributed by atoms with E-state index in [1.54, 1.807) is 0 Å². The number of esters is 3. The number of carbonyl (C=O) groups excluding carboxylic acids is 3. The van der Waals surface area contributed by atoms with Crippen molar-refractivity contribution in [3.05, 3.63) is 97.2 Å². The first-order valence-corrected chi connectivity index (χ1v) is 23.7. The Hall–Kier alpha value is -3.67. The normalized spacial score (nSPS) is 12.9. The lowest BCUT2D eigenvalue weighted by molar-refractivity contribution is -0.167. The topological polar surface area (TPSA) is 78.9 Å². The quantitative estimate of drug-likeness (QED) is 0.0265. The molecule has 0 saturated heterocycles. The van der Waals surface area contributed by atoms with Crippen LogP contribution in [-0.4, -0.2) is 37.2 Å². The van der Waals surface area contributed by atoms with Gasteiger partial charge in [-0.1, -0.05) is 195 Å². The molecule has 0 aliphatic heterocycles. The fourth-order valence-electron chi connectivity index (χ4n) is 6.09. The van der Waals surface area contributed by atoms with Crippen molar-refractivity contribution in [3.8, 4) is 0 Å². The summed E-state index contributed by atoms with van der Waals surface area (Å²) in [7, 11) is 0. The molecule has 0 aromatic rings. The van der Waals surface area contributed by atoms with E-state index in [-0.39, 0.29) is 44.0 Å². The van der Waals surface area contributed by atoms with Gasteiger partial charge in [0.05, 0.1) is 0 Å². The fraction of sp³-hybridized carbons (Fsp3) is 0.642. The number of unbranched alkanes of at least 4 members (excludes halogenated alkanes) is 14. The number of hydrogen-bond acceptors (Lipinski definition) is 6. The molecule has 0 spiro atoms. The van der Waals surface area contributed by atoms with Crippen LogP contribution in [0.4, 0.5) is 0 Å². The summed E-state index contributed by atoms with van der Waals surface area (Å²) in [5.74, 6) is -1.04. The first-order valence-electron chi connectivity index (χ1n) is 23.7. The molecule has 0 amide bonds. The van der Waals surface area contributed by atoms with Crippen molar-refractivity contribution in [3.63, 3.8) is 0 Å². The van der Waals surface area contributed by atoms with Crippen molar-refractivity contribution in [2.24, 2.45) is 0 Å². The van der Waals surface area contributed by atoms with Crippen LogP contribution in [0.5, 0.6) is 0 Å². The van der Waals surface area contributed by atoms with Gasteiger partial charge in [-0.3, -0.25) is 14.4 Å². The molecule has 0 radical (unpaired) electrons. The average molecular weight is 819 g/mol. The molecule has 6 nitrogen and oxygen atoms in total. The van der Waals surface area contributed by atoms with Gasteiger partial charge in [-0.15, -0.1) is 0 Å². The van der Waals surface area contributed by atoms with Gasteiger partial charge in [-0.2, -0.15) is 0 Å². The second-order valence-electron chi connectivity index (χ2n) is 15.3. The Bertz CT molecular complexity index is 1220. The summed E-state index contributed by atoms with van der Waals surface area (Å²) in [6, 6.07) is 0. The van der Waals surface area contributed by atoms with Gasteiger partial charge in [-0.05, 0) is 83.5 Å². The summed E-state index contributed by atoms with van der Waals surface area (Å²) in [5.41, 5.74) is 0. The molecule has 0 aromatic carbocycles. The van der Waals surface area contributed by atoms with Gasteiger partial charge in [0, 0.05) is 19.3 Å². The molecule has 6 heteroatoms. The predicted molar refractivity (Wildman–Crippen MR) is 251 cm³/mol. The molecule has 0 aromatic heterocycles. The maximum Gasteiger partial charge on any atom is 0.306 e. The zero-order valence-corrected chi connectivity index (χ0v) is 38.0. The number of rotatable bonds is 41. The average Bonchev–Trinajstić information content (AvgIpc) is 3.23. The van der Waals surface area contributed by atoms with Crippen LogP contribution in [0, 0.1) is 0 Å². The van der Waals surface area contributed by atoms with Crippen molar-refractivity contribution in [2.45, 2.75) is 207 Å². The van der Waals surface area contributed by atoms with E-state index in [9.17, 15) is 14.4 Å². The number of ether oxygens (including phenoxy) is 3. The van der Waals surface area contributed by atoms with E-state index >= 15 is 0 Å². The minimum atomic E-state index is -0.817. The SMILES string of the molecule is CC/C=C\C/C=C\C/C=C\C/C=C\C/C=C\CCCC(=O)OCC(COC(=O)CCC/C=C\C/C=C\C/C=C\CC)OC(=O)CCCCCCCCCCCCCCC. The third-order valence-corrected chi connectivity index (χ3v) is 9.58. The van der Waals surface area contributed by atoms with Crippen LogP contribution in [0.25, 0.3) is 0 Å². The molecule has 59 heavy (non-hydrogen) atoms. The summed E-state index contributed by atoms with van der Waals surface area (Å²) >= 11 is 0. The van der Waals surface area contributed by atoms with Crippen LogP contribution in [-0.2, 0) is 28.6 Å². The Labute approximate surface area is 362 Å². The lowest BCUT2D eigenvalue weighted by atomic mass is 10.0. The second kappa shape index (κ2) is 47.0. The van der Waals surface area contributed by atoms with E-state index in [0.29, 0.717) is 19.3 Å². The van der Waals surface area contributed by atoms with Gasteiger partial charge in [0.25, 0.3) is 0 Å². The maximum atomic E-state index is 12.7. The minimum absolute atomic E-state index is 0.121. The van der Waals surface area contributed by atoms with E-state index in [0.717, 1.165) is 83.5 Å². The van der Waals surface area contributed by atoms with E-state index in [4.69, 9.17) is 14.2 Å². The Morgan fingerprint density at radius 3 is 1.02 bits per heavy atom. The molecule has 0 heterocycles. The van der Waals surface area contributed by atoms with Crippen molar-refractivity contribution < 1.29 is 28.6 Å². The summed E-state index contributed by atoms with van der Waals surface area (Å²) in [6.07, 6.45) is 61.2. The van der Waals surface area contributed by atoms with Gasteiger partial charge >= 0.3 is 17.9 Å². The molecule has 1 unspecified atom stereocenters. The van der Waals surface area contributed by atoms with Crippen LogP contribution in [0.3, 0.4) is 0 Å². The molecule has 0 fully saturated rings. The molecular formula is C53H86O6. The monoisotopic (exact) mass is 819 g/mol. The number of allylic oxidation sites excluding steroid dienone is 16. The second-order valence-corrected chi connectivity index (χ2v) is 15.3. The molecule has 0 bridgehead atoms. The molecule has 1 atom stereocenters. The van der Waals surface area contributed by atoms with Gasteiger partial charge in [-0.25, -0.2) is 0 Å². The van der Waals surface area contributed by atoms with Crippen molar-refractivity contribution in [2.75, 3.05) is 13.2 Å². The Balaban J connectivity index is 4.52. The molecule has 0 aliphatic rings. The fourth-order valence-corrected chi connectivity index (χ4v) is 6.09.